The lowest BCUT2D eigenvalue weighted by Gasteiger charge is -2.43. The molecule has 1 aromatic carbocycles. The Kier molecular flexibility index (Phi) is 6.64. The number of piperidine rings is 1. The number of nitrogens with one attached hydrogen (secondary N) is 2. The number of aromatic nitrogens is 2. The summed E-state index contributed by atoms with van der Waals surface area (Å²) < 4.78 is 14.0. The van der Waals surface area contributed by atoms with E-state index in [-0.39, 0.29) is 23.3 Å². The van der Waals surface area contributed by atoms with Crippen molar-refractivity contribution < 1.29 is 14.1 Å². The number of carbonyl (C=O) groups excluding carboxylic acids is 1. The van der Waals surface area contributed by atoms with Crippen LogP contribution in [0.4, 0.5) is 27.4 Å². The van der Waals surface area contributed by atoms with Crippen molar-refractivity contribution in [2.45, 2.75) is 58.2 Å². The molecule has 2 N–H and O–H groups in total. The van der Waals surface area contributed by atoms with Crippen molar-refractivity contribution in [1.29, 1.82) is 0 Å². The quantitative estimate of drug-likeness (QED) is 0.281. The molecule has 0 bridgehead atoms. The highest BCUT2D eigenvalue weighted by molar-refractivity contribution is 5.86. The molecule has 186 valence electrons. The molecule has 3 heterocycles. The Morgan fingerprint density at radius 3 is 2.77 bits per heavy atom. The van der Waals surface area contributed by atoms with Gasteiger partial charge in [-0.1, -0.05) is 0 Å². The van der Waals surface area contributed by atoms with Crippen LogP contribution in [0.2, 0.25) is 0 Å². The Bertz CT molecular complexity index is 1240. The third-order valence-electron chi connectivity index (χ3n) is 6.28. The van der Waals surface area contributed by atoms with Crippen molar-refractivity contribution in [2.75, 3.05) is 28.2 Å². The maximum absolute atomic E-state index is 14.0. The number of rotatable bonds is 7. The lowest BCUT2D eigenvalue weighted by molar-refractivity contribution is -0.384. The number of H-pyrrole nitrogens is 1. The lowest BCUT2D eigenvalue weighted by atomic mass is 9.96. The van der Waals surface area contributed by atoms with E-state index < -0.39 is 10.7 Å². The largest absolute Gasteiger partial charge is 0.377 e. The second kappa shape index (κ2) is 9.52. The minimum atomic E-state index is -0.419. The van der Waals surface area contributed by atoms with Crippen LogP contribution in [0.3, 0.4) is 0 Å². The summed E-state index contributed by atoms with van der Waals surface area (Å²) in [7, 11) is 0. The number of nitro groups is 1. The molecule has 2 aromatic heterocycles. The molecule has 10 heteroatoms. The summed E-state index contributed by atoms with van der Waals surface area (Å²) in [4.78, 5) is 34.7. The van der Waals surface area contributed by atoms with E-state index in [1.165, 1.54) is 24.4 Å². The first kappa shape index (κ1) is 24.4. The van der Waals surface area contributed by atoms with Gasteiger partial charge in [0.05, 0.1) is 22.8 Å². The minimum Gasteiger partial charge on any atom is -0.377 e. The maximum atomic E-state index is 14.0. The van der Waals surface area contributed by atoms with E-state index in [0.717, 1.165) is 29.4 Å². The minimum absolute atomic E-state index is 0.0266. The van der Waals surface area contributed by atoms with Crippen molar-refractivity contribution in [3.63, 3.8) is 0 Å². The second-order valence-electron chi connectivity index (χ2n) is 9.94. The van der Waals surface area contributed by atoms with Gasteiger partial charge in [0, 0.05) is 53.8 Å². The first-order valence-electron chi connectivity index (χ1n) is 11.8. The van der Waals surface area contributed by atoms with Gasteiger partial charge >= 0.3 is 0 Å². The van der Waals surface area contributed by atoms with Crippen LogP contribution in [0.1, 0.15) is 40.5 Å². The first-order valence-corrected chi connectivity index (χ1v) is 11.8. The average Bonchev–Trinajstić information content (AvgIpc) is 3.22. The summed E-state index contributed by atoms with van der Waals surface area (Å²) >= 11 is 0. The molecule has 0 aliphatic carbocycles. The number of nitro benzene ring substituents is 1. The predicted octanol–water partition coefficient (Wildman–Crippen LogP) is 4.88. The molecule has 1 aliphatic rings. The summed E-state index contributed by atoms with van der Waals surface area (Å²) in [6.07, 6.45) is 3.50. The average molecular weight is 483 g/mol. The zero-order valence-corrected chi connectivity index (χ0v) is 20.4. The smallest absolute Gasteiger partial charge is 0.270 e. The molecule has 35 heavy (non-hydrogen) atoms. The number of nitrogens with zero attached hydrogens (tertiary/aromatic N) is 4. The van der Waals surface area contributed by atoms with Crippen LogP contribution in [0, 0.1) is 15.9 Å². The van der Waals surface area contributed by atoms with Gasteiger partial charge in [-0.05, 0) is 52.7 Å². The summed E-state index contributed by atoms with van der Waals surface area (Å²) in [6.45, 7) is 9.32. The Morgan fingerprint density at radius 1 is 1.34 bits per heavy atom. The molecule has 0 spiro atoms. The van der Waals surface area contributed by atoms with E-state index in [4.69, 9.17) is 0 Å². The number of carbonyl (C=O) groups is 1. The second-order valence-corrected chi connectivity index (χ2v) is 9.94. The normalized spacial score (nSPS) is 18.5. The number of pyridine rings is 1. The zero-order chi connectivity index (χ0) is 25.3. The first-order chi connectivity index (χ1) is 16.6. The molecule has 1 saturated heterocycles. The number of benzene rings is 1. The Morgan fingerprint density at radius 2 is 2.11 bits per heavy atom. The number of aldehydes is 1. The molecule has 3 aromatic rings. The topological polar surface area (TPSA) is 107 Å². The predicted molar refractivity (Wildman–Crippen MR) is 136 cm³/mol. The van der Waals surface area contributed by atoms with Crippen LogP contribution in [0.5, 0.6) is 0 Å². The third kappa shape index (κ3) is 5.21. The highest BCUT2D eigenvalue weighted by Gasteiger charge is 2.33. The summed E-state index contributed by atoms with van der Waals surface area (Å²) in [5.41, 5.74) is 1.16. The number of hydrogen-bond acceptors (Lipinski definition) is 7. The van der Waals surface area contributed by atoms with Gasteiger partial charge < -0.3 is 24.9 Å². The number of hydrogen-bond donors (Lipinski definition) is 2. The number of anilines is 3. The molecule has 0 saturated carbocycles. The van der Waals surface area contributed by atoms with Crippen LogP contribution in [0.15, 0.2) is 36.5 Å². The SMILES string of the molecule is CCN(c1ncc(F)cc1NC(C)(C)C)C1CCN(c2cc3cc([N+](=O)[O-])ccc3[nH]2)C(C=O)C1. The third-order valence-corrected chi connectivity index (χ3v) is 6.28. The Balaban J connectivity index is 1.59. The van der Waals surface area contributed by atoms with Gasteiger partial charge in [-0.2, -0.15) is 0 Å². The van der Waals surface area contributed by atoms with Gasteiger partial charge in [-0.3, -0.25) is 10.1 Å². The number of halogens is 1. The monoisotopic (exact) mass is 482 g/mol. The fraction of sp³-hybridized carbons (Fsp3) is 0.440. The van der Waals surface area contributed by atoms with E-state index in [1.807, 2.05) is 38.7 Å². The van der Waals surface area contributed by atoms with Gasteiger partial charge in [-0.15, -0.1) is 0 Å². The van der Waals surface area contributed by atoms with Gasteiger partial charge in [0.15, 0.2) is 5.82 Å². The fourth-order valence-electron chi connectivity index (χ4n) is 4.80. The van der Waals surface area contributed by atoms with Crippen LogP contribution in [-0.4, -0.2) is 51.9 Å². The standard InChI is InChI=1S/C25H31FN6O3/c1-5-30(24-22(29-25(2,3)4)12-17(26)14-27-24)18-8-9-31(20(13-18)15-33)23-11-16-10-19(32(34)35)6-7-21(16)28-23/h6-7,10-12,14-15,18,20,28-29H,5,8-9,13H2,1-4H3. The molecular formula is C25H31FN6O3. The molecule has 4 rings (SSSR count). The highest BCUT2D eigenvalue weighted by Crippen LogP contribution is 2.34. The van der Waals surface area contributed by atoms with Gasteiger partial charge in [-0.25, -0.2) is 9.37 Å². The van der Waals surface area contributed by atoms with Gasteiger partial charge in [0.2, 0.25) is 0 Å². The number of aromatic amines is 1. The van der Waals surface area contributed by atoms with Crippen LogP contribution >= 0.6 is 0 Å². The highest BCUT2D eigenvalue weighted by atomic mass is 19.1. The zero-order valence-electron chi connectivity index (χ0n) is 20.4. The van der Waals surface area contributed by atoms with E-state index in [0.29, 0.717) is 31.0 Å². The van der Waals surface area contributed by atoms with Crippen LogP contribution in [0.25, 0.3) is 10.9 Å². The van der Waals surface area contributed by atoms with Crippen molar-refractivity contribution in [1.82, 2.24) is 9.97 Å². The van der Waals surface area contributed by atoms with Crippen LogP contribution in [-0.2, 0) is 4.79 Å². The van der Waals surface area contributed by atoms with Crippen molar-refractivity contribution in [3.8, 4) is 0 Å². The number of fused-ring (bicyclic) bond motifs is 1. The van der Waals surface area contributed by atoms with Crippen LogP contribution < -0.4 is 15.1 Å². The molecule has 0 amide bonds. The molecule has 1 aliphatic heterocycles. The lowest BCUT2D eigenvalue weighted by Crippen LogP contribution is -2.51. The molecule has 0 radical (unpaired) electrons. The Hall–Kier alpha value is -3.69. The van der Waals surface area contributed by atoms with E-state index in [9.17, 15) is 19.3 Å². The summed E-state index contributed by atoms with van der Waals surface area (Å²) in [5.74, 6) is 1.02. The van der Waals surface area contributed by atoms with Gasteiger partial charge in [0.1, 0.15) is 17.9 Å². The van der Waals surface area contributed by atoms with E-state index in [1.54, 1.807) is 6.07 Å². The van der Waals surface area contributed by atoms with E-state index >= 15 is 0 Å². The fourth-order valence-corrected chi connectivity index (χ4v) is 4.80. The van der Waals surface area contributed by atoms with Crippen molar-refractivity contribution in [3.05, 3.63) is 52.5 Å². The maximum Gasteiger partial charge on any atom is 0.270 e. The molecule has 1 fully saturated rings. The number of non-ortho nitro benzene ring substituents is 1. The molecular weight excluding hydrogens is 451 g/mol. The van der Waals surface area contributed by atoms with Gasteiger partial charge in [0.25, 0.3) is 5.69 Å². The summed E-state index contributed by atoms with van der Waals surface area (Å²) in [5, 5.41) is 15.2. The molecule has 2 atom stereocenters. The van der Waals surface area contributed by atoms with Crippen molar-refractivity contribution >= 4 is 40.2 Å². The van der Waals surface area contributed by atoms with Crippen molar-refractivity contribution in [2.24, 2.45) is 0 Å². The van der Waals surface area contributed by atoms with E-state index in [2.05, 4.69) is 20.2 Å². The Labute approximate surface area is 203 Å². The molecule has 2 unspecified atom stereocenters. The summed E-state index contributed by atoms with van der Waals surface area (Å²) in [6, 6.07) is 7.64. The molecule has 9 nitrogen and oxygen atoms in total.